The lowest BCUT2D eigenvalue weighted by molar-refractivity contribution is -0.126. The average Bonchev–Trinajstić information content (AvgIpc) is 3.01. The number of benzene rings is 1. The van der Waals surface area contributed by atoms with Crippen molar-refractivity contribution in [3.8, 4) is 0 Å². The summed E-state index contributed by atoms with van der Waals surface area (Å²) in [4.78, 5) is 12.3. The fourth-order valence-corrected chi connectivity index (χ4v) is 3.06. The molecule has 2 rings (SSSR count). The first-order chi connectivity index (χ1) is 9.59. The molecule has 1 aliphatic rings. The molecule has 0 heterocycles. The van der Waals surface area contributed by atoms with E-state index in [1.54, 1.807) is 0 Å². The van der Waals surface area contributed by atoms with Gasteiger partial charge in [0.25, 0.3) is 0 Å². The van der Waals surface area contributed by atoms with Gasteiger partial charge in [0.05, 0.1) is 5.92 Å². The number of nitrogens with two attached hydrogens (primary N) is 1. The van der Waals surface area contributed by atoms with Crippen molar-refractivity contribution in [2.45, 2.75) is 51.6 Å². The van der Waals surface area contributed by atoms with Crippen molar-refractivity contribution in [1.82, 2.24) is 5.32 Å². The molecule has 1 aromatic rings. The van der Waals surface area contributed by atoms with Crippen LogP contribution in [0.1, 0.15) is 51.1 Å². The van der Waals surface area contributed by atoms with Crippen LogP contribution in [-0.2, 0) is 4.79 Å². The molecule has 3 atom stereocenters. The van der Waals surface area contributed by atoms with Gasteiger partial charge in [-0.25, -0.2) is 0 Å². The smallest absolute Gasteiger partial charge is 0.224 e. The summed E-state index contributed by atoms with van der Waals surface area (Å²) in [5.41, 5.74) is 7.23. The number of amides is 1. The minimum absolute atomic E-state index is 0.0701. The molecule has 3 N–H and O–H groups in total. The van der Waals surface area contributed by atoms with Gasteiger partial charge in [-0.15, -0.1) is 0 Å². The first kappa shape index (κ1) is 15.0. The van der Waals surface area contributed by atoms with Gasteiger partial charge in [0.1, 0.15) is 0 Å². The summed E-state index contributed by atoms with van der Waals surface area (Å²) in [5, 5.41) is 3.15. The number of nitrogens with one attached hydrogen (secondary N) is 1. The monoisotopic (exact) mass is 274 g/mol. The van der Waals surface area contributed by atoms with Crippen LogP contribution < -0.4 is 11.1 Å². The summed E-state index contributed by atoms with van der Waals surface area (Å²) in [5.74, 6) is 0.501. The molecule has 3 unspecified atom stereocenters. The van der Waals surface area contributed by atoms with Crippen molar-refractivity contribution in [3.63, 3.8) is 0 Å². The molecule has 1 aliphatic carbocycles. The standard InChI is InChI=1S/C17H26N2O/c1-12(16(18)15-10-4-3-5-11-15)17(20)19-13(2)14-8-6-7-9-14/h3-5,10-14,16H,6-9,18H2,1-2H3,(H,19,20). The normalized spacial score (nSPS) is 20.4. The molecule has 3 heteroatoms. The topological polar surface area (TPSA) is 55.1 Å². The van der Waals surface area contributed by atoms with E-state index in [1.165, 1.54) is 25.7 Å². The molecule has 1 saturated carbocycles. The summed E-state index contributed by atoms with van der Waals surface area (Å²) < 4.78 is 0. The van der Waals surface area contributed by atoms with Gasteiger partial charge in [-0.3, -0.25) is 4.79 Å². The SMILES string of the molecule is CC(NC(=O)C(C)C(N)c1ccccc1)C1CCCC1. The highest BCUT2D eigenvalue weighted by molar-refractivity contribution is 5.79. The van der Waals surface area contributed by atoms with Crippen LogP contribution in [0.5, 0.6) is 0 Å². The van der Waals surface area contributed by atoms with E-state index in [0.717, 1.165) is 5.56 Å². The Morgan fingerprint density at radius 3 is 2.40 bits per heavy atom. The van der Waals surface area contributed by atoms with E-state index >= 15 is 0 Å². The quantitative estimate of drug-likeness (QED) is 0.867. The van der Waals surface area contributed by atoms with Crippen LogP contribution in [0.2, 0.25) is 0 Å². The van der Waals surface area contributed by atoms with Gasteiger partial charge in [-0.2, -0.15) is 0 Å². The lowest BCUT2D eigenvalue weighted by atomic mass is 9.93. The molecule has 0 bridgehead atoms. The van der Waals surface area contributed by atoms with E-state index in [4.69, 9.17) is 5.73 Å². The zero-order valence-corrected chi connectivity index (χ0v) is 12.5. The third kappa shape index (κ3) is 3.60. The summed E-state index contributed by atoms with van der Waals surface area (Å²) in [6.45, 7) is 4.03. The maximum atomic E-state index is 12.3. The van der Waals surface area contributed by atoms with E-state index in [2.05, 4.69) is 12.2 Å². The highest BCUT2D eigenvalue weighted by Gasteiger charge is 2.27. The zero-order valence-electron chi connectivity index (χ0n) is 12.5. The van der Waals surface area contributed by atoms with Crippen LogP contribution in [-0.4, -0.2) is 11.9 Å². The molecular formula is C17H26N2O. The van der Waals surface area contributed by atoms with Crippen molar-refractivity contribution in [1.29, 1.82) is 0 Å². The molecule has 1 aromatic carbocycles. The molecule has 0 radical (unpaired) electrons. The molecule has 0 aliphatic heterocycles. The average molecular weight is 274 g/mol. The van der Waals surface area contributed by atoms with Gasteiger partial charge in [0.15, 0.2) is 0 Å². The number of carbonyl (C=O) groups excluding carboxylic acids is 1. The highest BCUT2D eigenvalue weighted by atomic mass is 16.1. The second-order valence-electron chi connectivity index (χ2n) is 6.07. The molecule has 1 amide bonds. The van der Waals surface area contributed by atoms with Crippen molar-refractivity contribution < 1.29 is 4.79 Å². The maximum absolute atomic E-state index is 12.3. The molecule has 0 spiro atoms. The van der Waals surface area contributed by atoms with Gasteiger partial charge >= 0.3 is 0 Å². The first-order valence-electron chi connectivity index (χ1n) is 7.70. The summed E-state index contributed by atoms with van der Waals surface area (Å²) in [6, 6.07) is 9.86. The Morgan fingerprint density at radius 2 is 1.80 bits per heavy atom. The van der Waals surface area contributed by atoms with Crippen molar-refractivity contribution in [3.05, 3.63) is 35.9 Å². The Hall–Kier alpha value is -1.35. The van der Waals surface area contributed by atoms with Gasteiger partial charge < -0.3 is 11.1 Å². The predicted molar refractivity (Wildman–Crippen MR) is 82.1 cm³/mol. The molecule has 110 valence electrons. The summed E-state index contributed by atoms with van der Waals surface area (Å²) >= 11 is 0. The Kier molecular flexibility index (Phi) is 5.18. The van der Waals surface area contributed by atoms with Crippen LogP contribution in [0.25, 0.3) is 0 Å². The molecular weight excluding hydrogens is 248 g/mol. The van der Waals surface area contributed by atoms with Gasteiger partial charge in [-0.1, -0.05) is 50.1 Å². The van der Waals surface area contributed by atoms with Crippen LogP contribution in [0.15, 0.2) is 30.3 Å². The van der Waals surface area contributed by atoms with Crippen molar-refractivity contribution in [2.24, 2.45) is 17.6 Å². The van der Waals surface area contributed by atoms with Gasteiger partial charge in [0, 0.05) is 12.1 Å². The van der Waals surface area contributed by atoms with Crippen molar-refractivity contribution >= 4 is 5.91 Å². The molecule has 1 fully saturated rings. The Balaban J connectivity index is 1.91. The van der Waals surface area contributed by atoms with Crippen LogP contribution in [0, 0.1) is 11.8 Å². The first-order valence-corrected chi connectivity index (χ1v) is 7.70. The fourth-order valence-electron chi connectivity index (χ4n) is 3.06. The maximum Gasteiger partial charge on any atom is 0.224 e. The number of hydrogen-bond acceptors (Lipinski definition) is 2. The fraction of sp³-hybridized carbons (Fsp3) is 0.588. The van der Waals surface area contributed by atoms with Crippen molar-refractivity contribution in [2.75, 3.05) is 0 Å². The lowest BCUT2D eigenvalue weighted by Gasteiger charge is -2.25. The third-order valence-electron chi connectivity index (χ3n) is 4.61. The Bertz CT molecular complexity index is 426. The van der Waals surface area contributed by atoms with E-state index in [1.807, 2.05) is 37.3 Å². The number of carbonyl (C=O) groups is 1. The largest absolute Gasteiger partial charge is 0.353 e. The van der Waals surface area contributed by atoms with E-state index in [-0.39, 0.29) is 23.9 Å². The van der Waals surface area contributed by atoms with Crippen LogP contribution in [0.3, 0.4) is 0 Å². The van der Waals surface area contributed by atoms with Gasteiger partial charge in [-0.05, 0) is 31.2 Å². The second-order valence-corrected chi connectivity index (χ2v) is 6.07. The second kappa shape index (κ2) is 6.89. The minimum Gasteiger partial charge on any atom is -0.353 e. The summed E-state index contributed by atoms with van der Waals surface area (Å²) in [6.07, 6.45) is 5.06. The van der Waals surface area contributed by atoms with Gasteiger partial charge in [0.2, 0.25) is 5.91 Å². The van der Waals surface area contributed by atoms with E-state index in [0.29, 0.717) is 5.92 Å². The van der Waals surface area contributed by atoms with E-state index < -0.39 is 0 Å². The molecule has 3 nitrogen and oxygen atoms in total. The highest BCUT2D eigenvalue weighted by Crippen LogP contribution is 2.28. The molecule has 0 aromatic heterocycles. The zero-order chi connectivity index (χ0) is 14.5. The number of rotatable bonds is 5. The number of hydrogen-bond donors (Lipinski definition) is 2. The minimum atomic E-state index is -0.244. The molecule has 0 saturated heterocycles. The predicted octanol–water partition coefficient (Wildman–Crippen LogP) is 3.02. The van der Waals surface area contributed by atoms with Crippen LogP contribution >= 0.6 is 0 Å². The van der Waals surface area contributed by atoms with Crippen LogP contribution in [0.4, 0.5) is 0 Å². The Morgan fingerprint density at radius 1 is 1.20 bits per heavy atom. The summed E-state index contributed by atoms with van der Waals surface area (Å²) in [7, 11) is 0. The molecule has 20 heavy (non-hydrogen) atoms. The Labute approximate surface area is 121 Å². The third-order valence-corrected chi connectivity index (χ3v) is 4.61. The lowest BCUT2D eigenvalue weighted by Crippen LogP contribution is -2.42. The van der Waals surface area contributed by atoms with E-state index in [9.17, 15) is 4.79 Å².